The SMILES string of the molecule is Cc1cc(CN2CCN(c3nc4ccc(C(F)(F)F)cc4s3)[C@H](CC(C)C)C2)cc2c(O)c(C(=O)O)ccc12. The number of carbonyl (C=O) groups is 1. The quantitative estimate of drug-likeness (QED) is 0.268. The average Bonchev–Trinajstić information content (AvgIpc) is 3.27. The molecule has 10 heteroatoms. The van der Waals surface area contributed by atoms with E-state index in [4.69, 9.17) is 0 Å². The largest absolute Gasteiger partial charge is 0.506 e. The predicted octanol–water partition coefficient (Wildman–Crippen LogP) is 6.92. The fourth-order valence-electron chi connectivity index (χ4n) is 5.48. The lowest BCUT2D eigenvalue weighted by Gasteiger charge is -2.42. The number of carboxylic acids is 1. The van der Waals surface area contributed by atoms with Gasteiger partial charge in [-0.05, 0) is 66.1 Å². The molecule has 2 N–H and O–H groups in total. The summed E-state index contributed by atoms with van der Waals surface area (Å²) in [6, 6.07) is 10.9. The summed E-state index contributed by atoms with van der Waals surface area (Å²) >= 11 is 1.30. The highest BCUT2D eigenvalue weighted by Crippen LogP contribution is 2.37. The van der Waals surface area contributed by atoms with Crippen LogP contribution in [0.2, 0.25) is 0 Å². The maximum Gasteiger partial charge on any atom is 0.416 e. The third kappa shape index (κ3) is 5.53. The minimum Gasteiger partial charge on any atom is -0.506 e. The Balaban J connectivity index is 1.40. The van der Waals surface area contributed by atoms with Crippen molar-refractivity contribution in [3.05, 3.63) is 64.7 Å². The summed E-state index contributed by atoms with van der Waals surface area (Å²) in [4.78, 5) is 20.8. The van der Waals surface area contributed by atoms with Gasteiger partial charge in [0.15, 0.2) is 5.13 Å². The normalized spacial score (nSPS) is 17.0. The molecule has 4 aromatic rings. The molecule has 1 aliphatic rings. The van der Waals surface area contributed by atoms with Gasteiger partial charge in [0, 0.05) is 37.6 Å². The standard InChI is InChI=1S/C29H30F3N3O3S/c1-16(2)10-20-15-34(14-18-11-17(3)21-5-6-22(27(37)38)26(36)23(21)12-18)8-9-35(20)28-33-24-7-4-19(29(30,31)32)13-25(24)39-28/h4-7,11-13,16,20,36H,8-10,14-15H2,1-3H3,(H,37,38)/t20-/m1/s1. The number of fused-ring (bicyclic) bond motifs is 2. The van der Waals surface area contributed by atoms with Gasteiger partial charge in [0.1, 0.15) is 11.3 Å². The summed E-state index contributed by atoms with van der Waals surface area (Å²) in [5, 5.41) is 22.1. The summed E-state index contributed by atoms with van der Waals surface area (Å²) in [7, 11) is 0. The Bertz CT molecular complexity index is 1550. The minimum atomic E-state index is -4.39. The van der Waals surface area contributed by atoms with Crippen LogP contribution in [0.4, 0.5) is 18.3 Å². The van der Waals surface area contributed by atoms with E-state index in [-0.39, 0.29) is 17.4 Å². The molecule has 0 bridgehead atoms. The topological polar surface area (TPSA) is 76.9 Å². The second-order valence-electron chi connectivity index (χ2n) is 10.7. The van der Waals surface area contributed by atoms with Gasteiger partial charge in [-0.1, -0.05) is 37.3 Å². The number of aromatic nitrogens is 1. The Kier molecular flexibility index (Phi) is 7.19. The minimum absolute atomic E-state index is 0.122. The molecule has 0 amide bonds. The Hall–Kier alpha value is -3.37. The van der Waals surface area contributed by atoms with Gasteiger partial charge in [0.25, 0.3) is 0 Å². The molecule has 1 saturated heterocycles. The summed E-state index contributed by atoms with van der Waals surface area (Å²) < 4.78 is 40.2. The predicted molar refractivity (Wildman–Crippen MR) is 148 cm³/mol. The zero-order valence-electron chi connectivity index (χ0n) is 21.9. The number of nitrogens with zero attached hydrogens (tertiary/aromatic N) is 3. The van der Waals surface area contributed by atoms with Crippen molar-refractivity contribution in [3.8, 4) is 5.75 Å². The Labute approximate surface area is 228 Å². The molecule has 6 nitrogen and oxygen atoms in total. The van der Waals surface area contributed by atoms with Crippen LogP contribution in [0.15, 0.2) is 42.5 Å². The second kappa shape index (κ2) is 10.3. The van der Waals surface area contributed by atoms with Crippen LogP contribution in [0, 0.1) is 12.8 Å². The molecule has 0 spiro atoms. The van der Waals surface area contributed by atoms with E-state index >= 15 is 0 Å². The van der Waals surface area contributed by atoms with E-state index < -0.39 is 17.7 Å². The van der Waals surface area contributed by atoms with Crippen LogP contribution in [0.1, 0.15) is 47.3 Å². The summed E-state index contributed by atoms with van der Waals surface area (Å²) in [5.74, 6) is -0.982. The van der Waals surface area contributed by atoms with Crippen LogP contribution >= 0.6 is 11.3 Å². The third-order valence-corrected chi connectivity index (χ3v) is 8.33. The number of piperazine rings is 1. The fourth-order valence-corrected chi connectivity index (χ4v) is 6.58. The number of anilines is 1. The summed E-state index contributed by atoms with van der Waals surface area (Å²) in [6.45, 7) is 9.05. The number of aromatic carboxylic acids is 1. The molecule has 1 aliphatic heterocycles. The number of thiazole rings is 1. The van der Waals surface area contributed by atoms with E-state index in [0.29, 0.717) is 34.6 Å². The summed E-state index contributed by atoms with van der Waals surface area (Å²) in [5.41, 5.74) is 1.72. The number of aryl methyl sites for hydroxylation is 1. The van der Waals surface area contributed by atoms with Crippen molar-refractivity contribution in [1.82, 2.24) is 9.88 Å². The van der Waals surface area contributed by atoms with Crippen molar-refractivity contribution in [2.75, 3.05) is 24.5 Å². The van der Waals surface area contributed by atoms with Crippen LogP contribution in [0.5, 0.6) is 5.75 Å². The van der Waals surface area contributed by atoms with Crippen LogP contribution in [0.25, 0.3) is 21.0 Å². The van der Waals surface area contributed by atoms with E-state index in [2.05, 4.69) is 34.7 Å². The number of benzene rings is 3. The first kappa shape index (κ1) is 27.2. The van der Waals surface area contributed by atoms with Gasteiger partial charge < -0.3 is 15.1 Å². The van der Waals surface area contributed by atoms with Gasteiger partial charge in [-0.25, -0.2) is 9.78 Å². The number of carboxylic acid groups (broad SMARTS) is 1. The zero-order valence-corrected chi connectivity index (χ0v) is 22.7. The van der Waals surface area contributed by atoms with Gasteiger partial charge in [0.2, 0.25) is 0 Å². The van der Waals surface area contributed by atoms with E-state index in [0.717, 1.165) is 47.2 Å². The number of rotatable bonds is 6. The maximum absolute atomic E-state index is 13.2. The Morgan fingerprint density at radius 3 is 2.59 bits per heavy atom. The highest BCUT2D eigenvalue weighted by Gasteiger charge is 2.32. The Morgan fingerprint density at radius 1 is 1.13 bits per heavy atom. The molecule has 0 unspecified atom stereocenters. The number of halogens is 3. The first-order chi connectivity index (χ1) is 18.4. The molecule has 0 aliphatic carbocycles. The first-order valence-electron chi connectivity index (χ1n) is 12.9. The van der Waals surface area contributed by atoms with Gasteiger partial charge in [0.05, 0.1) is 15.8 Å². The highest BCUT2D eigenvalue weighted by atomic mass is 32.1. The molecule has 3 aromatic carbocycles. The lowest BCUT2D eigenvalue weighted by Crippen LogP contribution is -2.53. The van der Waals surface area contributed by atoms with Crippen molar-refractivity contribution in [2.45, 2.75) is 46.0 Å². The van der Waals surface area contributed by atoms with E-state index in [9.17, 15) is 28.2 Å². The molecule has 1 atom stereocenters. The maximum atomic E-state index is 13.2. The number of phenols is 1. The molecular weight excluding hydrogens is 527 g/mol. The molecule has 39 heavy (non-hydrogen) atoms. The van der Waals surface area contributed by atoms with Crippen molar-refractivity contribution >= 4 is 43.4 Å². The lowest BCUT2D eigenvalue weighted by atomic mass is 9.97. The highest BCUT2D eigenvalue weighted by molar-refractivity contribution is 7.22. The van der Waals surface area contributed by atoms with Gasteiger partial charge in [-0.15, -0.1) is 0 Å². The first-order valence-corrected chi connectivity index (χ1v) is 13.7. The van der Waals surface area contributed by atoms with Crippen molar-refractivity contribution in [1.29, 1.82) is 0 Å². The fraction of sp³-hybridized carbons (Fsp3) is 0.379. The number of hydrogen-bond acceptors (Lipinski definition) is 6. The van der Waals surface area contributed by atoms with Crippen LogP contribution in [0.3, 0.4) is 0 Å². The number of hydrogen-bond donors (Lipinski definition) is 2. The smallest absolute Gasteiger partial charge is 0.416 e. The lowest BCUT2D eigenvalue weighted by molar-refractivity contribution is -0.137. The van der Waals surface area contributed by atoms with Gasteiger partial charge in [-0.2, -0.15) is 13.2 Å². The molecule has 0 saturated carbocycles. The molecular formula is C29H30F3N3O3S. The van der Waals surface area contributed by atoms with Gasteiger partial charge >= 0.3 is 12.1 Å². The van der Waals surface area contributed by atoms with E-state index in [1.807, 2.05) is 13.0 Å². The third-order valence-electron chi connectivity index (χ3n) is 7.27. The molecule has 0 radical (unpaired) electrons. The zero-order chi connectivity index (χ0) is 28.1. The Morgan fingerprint density at radius 2 is 1.90 bits per heavy atom. The van der Waals surface area contributed by atoms with Crippen LogP contribution in [-0.2, 0) is 12.7 Å². The average molecular weight is 558 g/mol. The number of aromatic hydroxyl groups is 1. The molecule has 2 heterocycles. The van der Waals surface area contributed by atoms with Crippen LogP contribution < -0.4 is 4.90 Å². The van der Waals surface area contributed by atoms with Crippen molar-refractivity contribution in [2.24, 2.45) is 5.92 Å². The summed E-state index contributed by atoms with van der Waals surface area (Å²) in [6.07, 6.45) is -3.49. The molecule has 1 fully saturated rings. The molecule has 206 valence electrons. The van der Waals surface area contributed by atoms with Crippen LogP contribution in [-0.4, -0.2) is 51.7 Å². The van der Waals surface area contributed by atoms with Crippen molar-refractivity contribution in [3.63, 3.8) is 0 Å². The van der Waals surface area contributed by atoms with E-state index in [1.165, 1.54) is 29.5 Å². The van der Waals surface area contributed by atoms with Gasteiger partial charge in [-0.3, -0.25) is 4.90 Å². The molecule has 5 rings (SSSR count). The second-order valence-corrected chi connectivity index (χ2v) is 11.7. The van der Waals surface area contributed by atoms with Crippen molar-refractivity contribution < 1.29 is 28.2 Å². The number of alkyl halides is 3. The molecule has 1 aromatic heterocycles. The monoisotopic (exact) mass is 557 g/mol. The van der Waals surface area contributed by atoms with E-state index in [1.54, 1.807) is 6.07 Å².